The predicted octanol–water partition coefficient (Wildman–Crippen LogP) is 1.84. The van der Waals surface area contributed by atoms with Crippen LogP contribution in [-0.2, 0) is 19.4 Å². The van der Waals surface area contributed by atoms with Gasteiger partial charge in [-0.05, 0) is 39.0 Å². The van der Waals surface area contributed by atoms with Crippen LogP contribution >= 0.6 is 0 Å². The summed E-state index contributed by atoms with van der Waals surface area (Å²) in [5.74, 6) is 0.770. The Morgan fingerprint density at radius 1 is 0.962 bits per heavy atom. The molecule has 1 atom stereocenters. The highest BCUT2D eigenvalue weighted by atomic mass is 32.2. The molecule has 0 aromatic rings. The topological polar surface area (TPSA) is 74.8 Å². The maximum atomic E-state index is 12.9. The Morgan fingerprint density at radius 3 is 2.15 bits per heavy atom. The van der Waals surface area contributed by atoms with Crippen LogP contribution in [0.1, 0.15) is 58.3 Å². The molecular formula is C19H32N2O4S. The van der Waals surface area contributed by atoms with Crippen LogP contribution in [0.5, 0.6) is 0 Å². The molecule has 6 nitrogen and oxygen atoms in total. The normalized spacial score (nSPS) is 27.4. The minimum atomic E-state index is -2.99. The molecule has 2 amide bonds. The lowest BCUT2D eigenvalue weighted by Gasteiger charge is -2.37. The number of likely N-dealkylation sites (tertiary alicyclic amines) is 1. The standard InChI is InChI=1S/C19H32N2O4S/c1-2-21(17-10-13-26(24,25)14-17)19(23)16-8-11-20(12-9-16)18(22)15-6-4-3-5-7-15/h15-17H,2-14H2,1H3. The van der Waals surface area contributed by atoms with Gasteiger partial charge >= 0.3 is 0 Å². The van der Waals surface area contributed by atoms with Crippen LogP contribution in [0.4, 0.5) is 0 Å². The first-order valence-corrected chi connectivity index (χ1v) is 12.0. The van der Waals surface area contributed by atoms with E-state index in [1.807, 2.05) is 11.8 Å². The quantitative estimate of drug-likeness (QED) is 0.741. The van der Waals surface area contributed by atoms with E-state index >= 15 is 0 Å². The smallest absolute Gasteiger partial charge is 0.226 e. The van der Waals surface area contributed by atoms with Crippen molar-refractivity contribution in [1.82, 2.24) is 9.80 Å². The van der Waals surface area contributed by atoms with Gasteiger partial charge in [0, 0.05) is 37.5 Å². The molecular weight excluding hydrogens is 352 g/mol. The third-order valence-electron chi connectivity index (χ3n) is 6.38. The van der Waals surface area contributed by atoms with Crippen LogP contribution < -0.4 is 0 Å². The number of hydrogen-bond donors (Lipinski definition) is 0. The van der Waals surface area contributed by atoms with Crippen LogP contribution in [-0.4, -0.2) is 67.2 Å². The number of carbonyl (C=O) groups excluding carboxylic acids is 2. The Labute approximate surface area is 157 Å². The van der Waals surface area contributed by atoms with Gasteiger partial charge in [0.2, 0.25) is 11.8 Å². The van der Waals surface area contributed by atoms with E-state index in [1.54, 1.807) is 4.90 Å². The zero-order valence-electron chi connectivity index (χ0n) is 15.9. The van der Waals surface area contributed by atoms with E-state index in [4.69, 9.17) is 0 Å². The Bertz CT molecular complexity index is 619. The fourth-order valence-corrected chi connectivity index (χ4v) is 6.53. The van der Waals surface area contributed by atoms with E-state index in [1.165, 1.54) is 6.42 Å². The second kappa shape index (κ2) is 8.28. The van der Waals surface area contributed by atoms with Gasteiger partial charge in [-0.15, -0.1) is 0 Å². The molecule has 1 unspecified atom stereocenters. The molecule has 0 spiro atoms. The number of piperidine rings is 1. The summed E-state index contributed by atoms with van der Waals surface area (Å²) in [5, 5.41) is 0. The van der Waals surface area contributed by atoms with Gasteiger partial charge in [-0.3, -0.25) is 9.59 Å². The lowest BCUT2D eigenvalue weighted by atomic mass is 9.87. The summed E-state index contributed by atoms with van der Waals surface area (Å²) in [4.78, 5) is 29.3. The van der Waals surface area contributed by atoms with Gasteiger partial charge < -0.3 is 9.80 Å². The van der Waals surface area contributed by atoms with Crippen molar-refractivity contribution in [3.05, 3.63) is 0 Å². The van der Waals surface area contributed by atoms with Crippen molar-refractivity contribution < 1.29 is 18.0 Å². The first-order valence-electron chi connectivity index (χ1n) is 10.2. The third-order valence-corrected chi connectivity index (χ3v) is 8.13. The summed E-state index contributed by atoms with van der Waals surface area (Å²) >= 11 is 0. The highest BCUT2D eigenvalue weighted by molar-refractivity contribution is 7.91. The summed E-state index contributed by atoms with van der Waals surface area (Å²) in [7, 11) is -2.99. The van der Waals surface area contributed by atoms with E-state index < -0.39 is 9.84 Å². The van der Waals surface area contributed by atoms with Gasteiger partial charge in [0.1, 0.15) is 0 Å². The third kappa shape index (κ3) is 4.41. The van der Waals surface area contributed by atoms with Crippen LogP contribution in [0.25, 0.3) is 0 Å². The second-order valence-corrected chi connectivity index (χ2v) is 10.3. The molecule has 2 aliphatic heterocycles. The second-order valence-electron chi connectivity index (χ2n) is 8.12. The largest absolute Gasteiger partial charge is 0.342 e. The summed E-state index contributed by atoms with van der Waals surface area (Å²) in [6.07, 6.45) is 7.53. The van der Waals surface area contributed by atoms with Gasteiger partial charge in [-0.2, -0.15) is 0 Å². The van der Waals surface area contributed by atoms with E-state index in [0.29, 0.717) is 38.9 Å². The number of amides is 2. The predicted molar refractivity (Wildman–Crippen MR) is 100 cm³/mol. The van der Waals surface area contributed by atoms with Crippen LogP contribution in [0, 0.1) is 11.8 Å². The van der Waals surface area contributed by atoms with Gasteiger partial charge in [0.05, 0.1) is 11.5 Å². The Kier molecular flexibility index (Phi) is 6.25. The molecule has 3 aliphatic rings. The molecule has 3 fully saturated rings. The average Bonchev–Trinajstić information content (AvgIpc) is 3.02. The molecule has 148 valence electrons. The number of carbonyl (C=O) groups is 2. The van der Waals surface area contributed by atoms with E-state index in [0.717, 1.165) is 25.7 Å². The van der Waals surface area contributed by atoms with Crippen molar-refractivity contribution in [1.29, 1.82) is 0 Å². The van der Waals surface area contributed by atoms with Gasteiger partial charge in [-0.25, -0.2) is 8.42 Å². The molecule has 0 radical (unpaired) electrons. The van der Waals surface area contributed by atoms with Crippen molar-refractivity contribution in [3.8, 4) is 0 Å². The summed E-state index contributed by atoms with van der Waals surface area (Å²) in [6, 6.07) is -0.167. The molecule has 0 aromatic heterocycles. The lowest BCUT2D eigenvalue weighted by Crippen LogP contribution is -2.49. The molecule has 2 heterocycles. The van der Waals surface area contributed by atoms with E-state index in [2.05, 4.69) is 0 Å². The Morgan fingerprint density at radius 2 is 1.62 bits per heavy atom. The van der Waals surface area contributed by atoms with Crippen molar-refractivity contribution in [2.24, 2.45) is 11.8 Å². The van der Waals surface area contributed by atoms with Crippen LogP contribution in [0.2, 0.25) is 0 Å². The lowest BCUT2D eigenvalue weighted by molar-refractivity contribution is -0.144. The molecule has 0 aromatic carbocycles. The van der Waals surface area contributed by atoms with Gasteiger partial charge in [0.25, 0.3) is 0 Å². The zero-order valence-corrected chi connectivity index (χ0v) is 16.7. The first-order chi connectivity index (χ1) is 12.4. The van der Waals surface area contributed by atoms with Crippen molar-refractivity contribution in [3.63, 3.8) is 0 Å². The maximum Gasteiger partial charge on any atom is 0.226 e. The zero-order chi connectivity index (χ0) is 18.7. The number of hydrogen-bond acceptors (Lipinski definition) is 4. The molecule has 26 heavy (non-hydrogen) atoms. The van der Waals surface area contributed by atoms with Crippen LogP contribution in [0.3, 0.4) is 0 Å². The average molecular weight is 385 g/mol. The Balaban J connectivity index is 1.53. The number of nitrogens with zero attached hydrogens (tertiary/aromatic N) is 2. The summed E-state index contributed by atoms with van der Waals surface area (Å²) in [5.41, 5.74) is 0. The summed E-state index contributed by atoms with van der Waals surface area (Å²) in [6.45, 7) is 3.79. The van der Waals surface area contributed by atoms with Crippen molar-refractivity contribution in [2.45, 2.75) is 64.3 Å². The highest BCUT2D eigenvalue weighted by Gasteiger charge is 2.38. The fraction of sp³-hybridized carbons (Fsp3) is 0.895. The van der Waals surface area contributed by atoms with E-state index in [9.17, 15) is 18.0 Å². The molecule has 0 N–H and O–H groups in total. The molecule has 2 saturated heterocycles. The molecule has 1 aliphatic carbocycles. The molecule has 1 saturated carbocycles. The summed E-state index contributed by atoms with van der Waals surface area (Å²) < 4.78 is 23.5. The monoisotopic (exact) mass is 384 g/mol. The Hall–Kier alpha value is -1.11. The highest BCUT2D eigenvalue weighted by Crippen LogP contribution is 2.29. The molecule has 0 bridgehead atoms. The fourth-order valence-electron chi connectivity index (χ4n) is 4.80. The number of rotatable bonds is 4. The van der Waals surface area contributed by atoms with Gasteiger partial charge in [-0.1, -0.05) is 19.3 Å². The first kappa shape index (κ1) is 19.6. The van der Waals surface area contributed by atoms with Crippen molar-refractivity contribution in [2.75, 3.05) is 31.1 Å². The number of sulfone groups is 1. The van der Waals surface area contributed by atoms with E-state index in [-0.39, 0.29) is 41.2 Å². The van der Waals surface area contributed by atoms with Crippen molar-refractivity contribution >= 4 is 21.7 Å². The minimum absolute atomic E-state index is 0.0753. The maximum absolute atomic E-state index is 12.9. The molecule has 3 rings (SSSR count). The van der Waals surface area contributed by atoms with Gasteiger partial charge in [0.15, 0.2) is 9.84 Å². The molecule has 7 heteroatoms. The SMILES string of the molecule is CCN(C(=O)C1CCN(C(=O)C2CCCCC2)CC1)C1CCS(=O)(=O)C1. The minimum Gasteiger partial charge on any atom is -0.342 e. The van der Waals surface area contributed by atoms with Crippen LogP contribution in [0.15, 0.2) is 0 Å².